The highest BCUT2D eigenvalue weighted by Gasteiger charge is 2.21. The van der Waals surface area contributed by atoms with Gasteiger partial charge in [-0.2, -0.15) is 0 Å². The normalized spacial score (nSPS) is 10.6. The Bertz CT molecular complexity index is 923. The molecule has 6 heteroatoms. The molecule has 0 spiro atoms. The van der Waals surface area contributed by atoms with E-state index in [1.807, 2.05) is 55.5 Å². The fourth-order valence-corrected chi connectivity index (χ4v) is 3.67. The van der Waals surface area contributed by atoms with E-state index in [1.54, 1.807) is 12.1 Å². The molecule has 2 aromatic carbocycles. The van der Waals surface area contributed by atoms with Crippen molar-refractivity contribution in [1.29, 1.82) is 0 Å². The molecule has 0 saturated carbocycles. The predicted octanol–water partition coefficient (Wildman–Crippen LogP) is 4.80. The summed E-state index contributed by atoms with van der Waals surface area (Å²) < 4.78 is 5.26. The van der Waals surface area contributed by atoms with E-state index in [4.69, 9.17) is 4.74 Å². The molecule has 0 unspecified atom stereocenters. The molecule has 1 heterocycles. The number of nitrogens with zero attached hydrogens (tertiary/aromatic N) is 1. The van der Waals surface area contributed by atoms with E-state index in [0.717, 1.165) is 5.56 Å². The number of aromatic nitrogens is 1. The summed E-state index contributed by atoms with van der Waals surface area (Å²) in [4.78, 5) is 30.3. The van der Waals surface area contributed by atoms with Crippen LogP contribution in [0.15, 0.2) is 60.7 Å². The molecule has 0 radical (unpaired) electrons. The van der Waals surface area contributed by atoms with Crippen LogP contribution in [-0.2, 0) is 9.53 Å². The zero-order valence-electron chi connectivity index (χ0n) is 15.7. The van der Waals surface area contributed by atoms with Crippen molar-refractivity contribution in [3.05, 3.63) is 71.1 Å². The van der Waals surface area contributed by atoms with E-state index in [2.05, 4.69) is 10.3 Å². The van der Waals surface area contributed by atoms with Crippen molar-refractivity contribution in [3.8, 4) is 11.3 Å². The van der Waals surface area contributed by atoms with Crippen LogP contribution in [0.1, 0.15) is 35.0 Å². The first kappa shape index (κ1) is 19.9. The number of amides is 1. The van der Waals surface area contributed by atoms with Gasteiger partial charge < -0.3 is 10.1 Å². The summed E-state index contributed by atoms with van der Waals surface area (Å²) in [5.74, 6) is -0.236. The molecular formula is C22H22N2O3S. The summed E-state index contributed by atoms with van der Waals surface area (Å²) in [5, 5.41) is 3.25. The molecular weight excluding hydrogens is 372 g/mol. The third-order valence-corrected chi connectivity index (χ3v) is 5.03. The number of nitrogens with one attached hydrogen (secondary N) is 1. The van der Waals surface area contributed by atoms with E-state index in [-0.39, 0.29) is 11.7 Å². The fraction of sp³-hybridized carbons (Fsp3) is 0.227. The minimum atomic E-state index is -0.133. The van der Waals surface area contributed by atoms with Gasteiger partial charge in [-0.05, 0) is 13.3 Å². The monoisotopic (exact) mass is 394 g/mol. The van der Waals surface area contributed by atoms with Crippen LogP contribution in [0.25, 0.3) is 11.3 Å². The van der Waals surface area contributed by atoms with Gasteiger partial charge in [0, 0.05) is 30.8 Å². The van der Waals surface area contributed by atoms with Crippen molar-refractivity contribution in [3.63, 3.8) is 0 Å². The number of hydrogen-bond acceptors (Lipinski definition) is 5. The van der Waals surface area contributed by atoms with Crippen molar-refractivity contribution in [2.45, 2.75) is 19.8 Å². The molecule has 0 saturated heterocycles. The quantitative estimate of drug-likeness (QED) is 0.418. The van der Waals surface area contributed by atoms with Gasteiger partial charge >= 0.3 is 0 Å². The Morgan fingerprint density at radius 1 is 1.04 bits per heavy atom. The second kappa shape index (κ2) is 9.92. The molecule has 0 atom stereocenters. The van der Waals surface area contributed by atoms with Gasteiger partial charge in [0.15, 0.2) is 5.13 Å². The Balaban J connectivity index is 1.84. The van der Waals surface area contributed by atoms with Crippen molar-refractivity contribution in [2.75, 3.05) is 18.5 Å². The van der Waals surface area contributed by atoms with Crippen molar-refractivity contribution >= 4 is 28.2 Å². The summed E-state index contributed by atoms with van der Waals surface area (Å²) in [6.45, 7) is 3.11. The molecule has 3 aromatic rings. The number of anilines is 1. The molecule has 0 fully saturated rings. The highest BCUT2D eigenvalue weighted by atomic mass is 32.1. The second-order valence-corrected chi connectivity index (χ2v) is 7.11. The van der Waals surface area contributed by atoms with Crippen molar-refractivity contribution in [2.24, 2.45) is 0 Å². The van der Waals surface area contributed by atoms with Crippen molar-refractivity contribution < 1.29 is 14.3 Å². The van der Waals surface area contributed by atoms with E-state index in [9.17, 15) is 9.59 Å². The lowest BCUT2D eigenvalue weighted by Gasteiger charge is -2.02. The summed E-state index contributed by atoms with van der Waals surface area (Å²) >= 11 is 1.21. The molecule has 144 valence electrons. The number of carbonyl (C=O) groups is 2. The Morgan fingerprint density at radius 2 is 1.71 bits per heavy atom. The molecule has 1 amide bonds. The first-order chi connectivity index (χ1) is 13.7. The fourth-order valence-electron chi connectivity index (χ4n) is 2.70. The lowest BCUT2D eigenvalue weighted by Crippen LogP contribution is -2.12. The average molecular weight is 394 g/mol. The van der Waals surface area contributed by atoms with Gasteiger partial charge in [-0.1, -0.05) is 72.0 Å². The highest BCUT2D eigenvalue weighted by molar-refractivity contribution is 7.18. The van der Waals surface area contributed by atoms with Gasteiger partial charge in [0.2, 0.25) is 11.7 Å². The Labute approximate surface area is 168 Å². The van der Waals surface area contributed by atoms with E-state index >= 15 is 0 Å². The zero-order chi connectivity index (χ0) is 19.8. The van der Waals surface area contributed by atoms with Crippen molar-refractivity contribution in [1.82, 2.24) is 4.98 Å². The van der Waals surface area contributed by atoms with Crippen LogP contribution in [0, 0.1) is 0 Å². The molecule has 0 aliphatic carbocycles. The van der Waals surface area contributed by atoms with Crippen LogP contribution in [0.2, 0.25) is 0 Å². The number of carbonyl (C=O) groups excluding carboxylic acids is 2. The van der Waals surface area contributed by atoms with Gasteiger partial charge in [0.1, 0.15) is 4.88 Å². The van der Waals surface area contributed by atoms with Crippen LogP contribution in [-0.4, -0.2) is 29.9 Å². The third kappa shape index (κ3) is 5.12. The zero-order valence-corrected chi connectivity index (χ0v) is 16.5. The lowest BCUT2D eigenvalue weighted by molar-refractivity contribution is -0.116. The molecule has 0 aliphatic rings. The van der Waals surface area contributed by atoms with E-state index < -0.39 is 0 Å². The maximum atomic E-state index is 13.0. The van der Waals surface area contributed by atoms with E-state index in [1.165, 1.54) is 11.3 Å². The summed E-state index contributed by atoms with van der Waals surface area (Å²) in [6.07, 6.45) is 0.995. The van der Waals surface area contributed by atoms with Gasteiger partial charge in [-0.25, -0.2) is 4.98 Å². The largest absolute Gasteiger partial charge is 0.382 e. The number of benzene rings is 2. The predicted molar refractivity (Wildman–Crippen MR) is 112 cm³/mol. The molecule has 1 aromatic heterocycles. The summed E-state index contributed by atoms with van der Waals surface area (Å²) in [7, 11) is 0. The topological polar surface area (TPSA) is 68.3 Å². The number of hydrogen-bond donors (Lipinski definition) is 1. The van der Waals surface area contributed by atoms with Gasteiger partial charge in [0.05, 0.1) is 5.69 Å². The van der Waals surface area contributed by atoms with Crippen LogP contribution >= 0.6 is 11.3 Å². The minimum absolute atomic E-state index is 0.103. The van der Waals surface area contributed by atoms with E-state index in [0.29, 0.717) is 47.3 Å². The summed E-state index contributed by atoms with van der Waals surface area (Å²) in [5.41, 5.74) is 2.02. The minimum Gasteiger partial charge on any atom is -0.382 e. The number of rotatable bonds is 9. The first-order valence-corrected chi connectivity index (χ1v) is 10.0. The van der Waals surface area contributed by atoms with Gasteiger partial charge in [-0.3, -0.25) is 9.59 Å². The average Bonchev–Trinajstić information content (AvgIpc) is 3.15. The smallest absolute Gasteiger partial charge is 0.226 e. The first-order valence-electron chi connectivity index (χ1n) is 9.22. The van der Waals surface area contributed by atoms with Crippen LogP contribution < -0.4 is 5.32 Å². The maximum Gasteiger partial charge on any atom is 0.226 e. The second-order valence-electron chi connectivity index (χ2n) is 6.11. The molecule has 5 nitrogen and oxygen atoms in total. The lowest BCUT2D eigenvalue weighted by atomic mass is 10.1. The number of thiazole rings is 1. The maximum absolute atomic E-state index is 13.0. The van der Waals surface area contributed by atoms with Gasteiger partial charge in [-0.15, -0.1) is 0 Å². The van der Waals surface area contributed by atoms with Crippen LogP contribution in [0.3, 0.4) is 0 Å². The number of ketones is 1. The Hall–Kier alpha value is -2.83. The van der Waals surface area contributed by atoms with Crippen LogP contribution in [0.5, 0.6) is 0 Å². The third-order valence-electron chi connectivity index (χ3n) is 4.06. The molecule has 0 bridgehead atoms. The molecule has 0 aliphatic heterocycles. The molecule has 1 N–H and O–H groups in total. The molecule has 28 heavy (non-hydrogen) atoms. The number of ether oxygens (including phenoxy) is 1. The highest BCUT2D eigenvalue weighted by Crippen LogP contribution is 2.33. The SMILES string of the molecule is CCOCCCC(=O)Nc1nc(-c2ccccc2)c(C(=O)c2ccccc2)s1. The van der Waals surface area contributed by atoms with Gasteiger partial charge in [0.25, 0.3) is 0 Å². The molecule has 3 rings (SSSR count). The standard InChI is InChI=1S/C22H22N2O3S/c1-2-27-15-9-14-18(25)23-22-24-19(16-10-5-3-6-11-16)21(28-22)20(26)17-12-7-4-8-13-17/h3-8,10-13H,2,9,14-15H2,1H3,(H,23,24,25). The Kier molecular flexibility index (Phi) is 7.06. The Morgan fingerprint density at radius 3 is 2.39 bits per heavy atom. The summed E-state index contributed by atoms with van der Waals surface area (Å²) in [6, 6.07) is 18.6. The van der Waals surface area contributed by atoms with Crippen LogP contribution in [0.4, 0.5) is 5.13 Å².